The number of carbonyl (C=O) groups is 1. The molecule has 106 valence electrons. The normalized spacial score (nSPS) is 10.3. The Labute approximate surface area is 121 Å². The highest BCUT2D eigenvalue weighted by atomic mass is 32.1. The van der Waals surface area contributed by atoms with Crippen LogP contribution in [0.1, 0.15) is 10.6 Å². The molecule has 0 fully saturated rings. The van der Waals surface area contributed by atoms with E-state index in [-0.39, 0.29) is 19.2 Å². The second-order valence-electron chi connectivity index (χ2n) is 4.23. The van der Waals surface area contributed by atoms with E-state index in [1.54, 1.807) is 11.3 Å². The molecule has 0 unspecified atom stereocenters. The summed E-state index contributed by atoms with van der Waals surface area (Å²) in [5.41, 5.74) is 2.01. The quantitative estimate of drug-likeness (QED) is 0.788. The number of thiazole rings is 1. The van der Waals surface area contributed by atoms with Crippen LogP contribution in [0, 0.1) is 6.92 Å². The molecule has 0 bridgehead atoms. The van der Waals surface area contributed by atoms with E-state index in [9.17, 15) is 4.79 Å². The highest BCUT2D eigenvalue weighted by Gasteiger charge is 2.10. The molecule has 1 heterocycles. The summed E-state index contributed by atoms with van der Waals surface area (Å²) in [5, 5.41) is 14.9. The number of aliphatic hydroxyl groups excluding tert-OH is 1. The minimum atomic E-state index is -0.284. The molecule has 0 radical (unpaired) electrons. The van der Waals surface area contributed by atoms with Crippen LogP contribution in [0.5, 0.6) is 0 Å². The van der Waals surface area contributed by atoms with E-state index in [1.165, 1.54) is 0 Å². The molecule has 5 nitrogen and oxygen atoms in total. The average molecular weight is 291 g/mol. The highest BCUT2D eigenvalue weighted by Crippen LogP contribution is 2.27. The van der Waals surface area contributed by atoms with Gasteiger partial charge < -0.3 is 15.7 Å². The largest absolute Gasteiger partial charge is 0.395 e. The molecule has 0 saturated carbocycles. The van der Waals surface area contributed by atoms with Crippen molar-refractivity contribution in [2.24, 2.45) is 0 Å². The molecule has 0 aliphatic carbocycles. The zero-order valence-corrected chi connectivity index (χ0v) is 12.0. The summed E-state index contributed by atoms with van der Waals surface area (Å²) >= 11 is 1.58. The van der Waals surface area contributed by atoms with Gasteiger partial charge >= 0.3 is 6.03 Å². The van der Waals surface area contributed by atoms with Gasteiger partial charge in [0.05, 0.1) is 18.8 Å². The van der Waals surface area contributed by atoms with E-state index in [1.807, 2.05) is 37.3 Å². The maximum absolute atomic E-state index is 11.4. The van der Waals surface area contributed by atoms with Crippen LogP contribution in [0.4, 0.5) is 4.79 Å². The molecule has 0 aliphatic rings. The summed E-state index contributed by atoms with van der Waals surface area (Å²) in [6.45, 7) is 2.56. The van der Waals surface area contributed by atoms with Crippen molar-refractivity contribution < 1.29 is 9.90 Å². The van der Waals surface area contributed by atoms with Crippen LogP contribution >= 0.6 is 11.3 Å². The van der Waals surface area contributed by atoms with Gasteiger partial charge in [0.1, 0.15) is 5.01 Å². The van der Waals surface area contributed by atoms with Gasteiger partial charge in [0.15, 0.2) is 0 Å². The zero-order valence-electron chi connectivity index (χ0n) is 11.2. The van der Waals surface area contributed by atoms with Gasteiger partial charge in [-0.15, -0.1) is 11.3 Å². The predicted octanol–water partition coefficient (Wildman–Crippen LogP) is 1.91. The minimum Gasteiger partial charge on any atom is -0.395 e. The third-order valence-electron chi connectivity index (χ3n) is 2.72. The molecule has 1 aromatic carbocycles. The van der Waals surface area contributed by atoms with Crippen molar-refractivity contribution in [3.05, 3.63) is 40.9 Å². The van der Waals surface area contributed by atoms with Crippen LogP contribution in [0.3, 0.4) is 0 Å². The van der Waals surface area contributed by atoms with Crippen molar-refractivity contribution in [1.29, 1.82) is 0 Å². The Balaban J connectivity index is 2.00. The van der Waals surface area contributed by atoms with Gasteiger partial charge in [-0.3, -0.25) is 0 Å². The Morgan fingerprint density at radius 2 is 2.05 bits per heavy atom. The molecule has 2 amide bonds. The lowest BCUT2D eigenvalue weighted by molar-refractivity contribution is 0.234. The lowest BCUT2D eigenvalue weighted by Crippen LogP contribution is -2.36. The van der Waals surface area contributed by atoms with Crippen LogP contribution in [0.25, 0.3) is 10.6 Å². The summed E-state index contributed by atoms with van der Waals surface area (Å²) in [5.74, 6) is 0. The number of aromatic nitrogens is 1. The van der Waals surface area contributed by atoms with Gasteiger partial charge in [0.2, 0.25) is 0 Å². The number of rotatable bonds is 5. The van der Waals surface area contributed by atoms with Crippen LogP contribution in [0.15, 0.2) is 30.3 Å². The third kappa shape index (κ3) is 3.79. The summed E-state index contributed by atoms with van der Waals surface area (Å²) in [4.78, 5) is 17.0. The van der Waals surface area contributed by atoms with Gasteiger partial charge in [-0.25, -0.2) is 9.78 Å². The fourth-order valence-electron chi connectivity index (χ4n) is 1.69. The lowest BCUT2D eigenvalue weighted by atomic mass is 10.2. The lowest BCUT2D eigenvalue weighted by Gasteiger charge is -2.04. The molecule has 6 heteroatoms. The van der Waals surface area contributed by atoms with E-state index in [2.05, 4.69) is 15.6 Å². The summed E-state index contributed by atoms with van der Waals surface area (Å²) < 4.78 is 0. The maximum atomic E-state index is 11.4. The van der Waals surface area contributed by atoms with Crippen LogP contribution in [-0.2, 0) is 6.54 Å². The molecule has 0 saturated heterocycles. The van der Waals surface area contributed by atoms with E-state index in [0.717, 1.165) is 21.1 Å². The van der Waals surface area contributed by atoms with Crippen molar-refractivity contribution in [1.82, 2.24) is 15.6 Å². The van der Waals surface area contributed by atoms with Gasteiger partial charge in [0, 0.05) is 17.0 Å². The Bertz CT molecular complexity index is 569. The number of nitrogens with zero attached hydrogens (tertiary/aromatic N) is 1. The molecule has 1 aromatic heterocycles. The fraction of sp³-hybridized carbons (Fsp3) is 0.286. The summed E-state index contributed by atoms with van der Waals surface area (Å²) in [6.07, 6.45) is 0. The van der Waals surface area contributed by atoms with Gasteiger partial charge in [-0.05, 0) is 6.92 Å². The van der Waals surface area contributed by atoms with E-state index in [4.69, 9.17) is 5.11 Å². The Hall–Kier alpha value is -1.92. The number of hydrogen-bond acceptors (Lipinski definition) is 4. The van der Waals surface area contributed by atoms with Crippen molar-refractivity contribution in [2.45, 2.75) is 13.5 Å². The first-order valence-corrected chi connectivity index (χ1v) is 7.16. The Morgan fingerprint density at radius 1 is 1.30 bits per heavy atom. The van der Waals surface area contributed by atoms with E-state index >= 15 is 0 Å². The average Bonchev–Trinajstić information content (AvgIpc) is 2.85. The molecule has 20 heavy (non-hydrogen) atoms. The van der Waals surface area contributed by atoms with Crippen LogP contribution in [-0.4, -0.2) is 29.3 Å². The first kappa shape index (κ1) is 14.5. The number of aliphatic hydroxyl groups is 1. The fourth-order valence-corrected chi connectivity index (χ4v) is 2.70. The molecule has 2 aromatic rings. The minimum absolute atomic E-state index is 0.0643. The number of aryl methyl sites for hydroxylation is 1. The first-order chi connectivity index (χ1) is 9.70. The standard InChI is InChI=1S/C14H17N3O2S/c1-10-12(9-16-14(19)15-7-8-18)20-13(17-10)11-5-3-2-4-6-11/h2-6,18H,7-9H2,1H3,(H2,15,16,19). The molecule has 2 rings (SSSR count). The van der Waals surface area contributed by atoms with Crippen molar-refractivity contribution in [3.63, 3.8) is 0 Å². The summed E-state index contributed by atoms with van der Waals surface area (Å²) in [7, 11) is 0. The number of hydrogen-bond donors (Lipinski definition) is 3. The topological polar surface area (TPSA) is 74.2 Å². The monoisotopic (exact) mass is 291 g/mol. The molecule has 0 aliphatic heterocycles. The Morgan fingerprint density at radius 3 is 2.75 bits per heavy atom. The Kier molecular flexibility index (Phi) is 5.09. The van der Waals surface area contributed by atoms with E-state index < -0.39 is 0 Å². The smallest absolute Gasteiger partial charge is 0.315 e. The maximum Gasteiger partial charge on any atom is 0.315 e. The highest BCUT2D eigenvalue weighted by molar-refractivity contribution is 7.15. The molecule has 3 N–H and O–H groups in total. The van der Waals surface area contributed by atoms with Crippen molar-refractivity contribution in [3.8, 4) is 10.6 Å². The molecular weight excluding hydrogens is 274 g/mol. The second-order valence-corrected chi connectivity index (χ2v) is 5.31. The SMILES string of the molecule is Cc1nc(-c2ccccc2)sc1CNC(=O)NCCO. The van der Waals surface area contributed by atoms with E-state index in [0.29, 0.717) is 6.54 Å². The number of benzene rings is 1. The van der Waals surface area contributed by atoms with Gasteiger partial charge in [-0.2, -0.15) is 0 Å². The van der Waals surface area contributed by atoms with Gasteiger partial charge in [-0.1, -0.05) is 30.3 Å². The number of nitrogens with one attached hydrogen (secondary N) is 2. The molecule has 0 spiro atoms. The number of amides is 2. The predicted molar refractivity (Wildman–Crippen MR) is 79.6 cm³/mol. The zero-order chi connectivity index (χ0) is 14.4. The second kappa shape index (κ2) is 7.02. The molecule has 0 atom stereocenters. The van der Waals surface area contributed by atoms with Crippen molar-refractivity contribution in [2.75, 3.05) is 13.2 Å². The number of urea groups is 1. The summed E-state index contributed by atoms with van der Waals surface area (Å²) in [6, 6.07) is 9.68. The molecular formula is C14H17N3O2S. The first-order valence-electron chi connectivity index (χ1n) is 6.35. The van der Waals surface area contributed by atoms with Crippen molar-refractivity contribution >= 4 is 17.4 Å². The van der Waals surface area contributed by atoms with Crippen LogP contribution in [0.2, 0.25) is 0 Å². The van der Waals surface area contributed by atoms with Crippen LogP contribution < -0.4 is 10.6 Å². The van der Waals surface area contributed by atoms with Gasteiger partial charge in [0.25, 0.3) is 0 Å². The number of carbonyl (C=O) groups excluding carboxylic acids is 1. The third-order valence-corrected chi connectivity index (χ3v) is 3.93.